The lowest BCUT2D eigenvalue weighted by Gasteiger charge is -2.20. The van der Waals surface area contributed by atoms with Gasteiger partial charge in [-0.2, -0.15) is 10.2 Å². The number of hydrogen-bond acceptors (Lipinski definition) is 4. The average Bonchev–Trinajstić information content (AvgIpc) is 3.16. The summed E-state index contributed by atoms with van der Waals surface area (Å²) < 4.78 is 7.24. The smallest absolute Gasteiger partial charge is 0.254 e. The molecule has 26 heavy (non-hydrogen) atoms. The van der Waals surface area contributed by atoms with Crippen molar-refractivity contribution in [3.05, 3.63) is 29.5 Å². The first kappa shape index (κ1) is 18.9. The first-order valence-corrected chi connectivity index (χ1v) is 10.1. The molecule has 0 atom stereocenters. The molecule has 0 fully saturated rings. The molecule has 3 rings (SSSR count). The summed E-state index contributed by atoms with van der Waals surface area (Å²) in [4.78, 5) is 12.9. The molecule has 2 aromatic heterocycles. The fraction of sp³-hybridized carbons (Fsp3) is 0.526. The number of rotatable bonds is 7. The van der Waals surface area contributed by atoms with E-state index in [4.69, 9.17) is 9.84 Å². The fourth-order valence-corrected chi connectivity index (χ4v) is 3.64. The molecule has 0 saturated heterocycles. The largest absolute Gasteiger partial charge is 0.481 e. The molecule has 0 radical (unpaired) electrons. The van der Waals surface area contributed by atoms with Crippen LogP contribution in [0.2, 0.25) is 0 Å². The Labute approximate surface area is 162 Å². The standard InChI is InChI=1S/C19H25BrN4O2/c1-5-13-12-15-14(8-9-16(26-4)24(15)21-13)17-19(2,3)18(25)23(22-17)11-7-6-10-20/h8-9,12H,5-7,10-11H2,1-4H3. The number of alkyl halides is 1. The third kappa shape index (κ3) is 3.13. The molecule has 0 unspecified atom stereocenters. The van der Waals surface area contributed by atoms with E-state index in [9.17, 15) is 4.79 Å². The number of amides is 1. The van der Waals surface area contributed by atoms with E-state index >= 15 is 0 Å². The number of halogens is 1. The summed E-state index contributed by atoms with van der Waals surface area (Å²) in [7, 11) is 1.63. The van der Waals surface area contributed by atoms with Crippen molar-refractivity contribution in [3.8, 4) is 5.88 Å². The van der Waals surface area contributed by atoms with Crippen molar-refractivity contribution in [2.75, 3.05) is 19.0 Å². The summed E-state index contributed by atoms with van der Waals surface area (Å²) in [6.07, 6.45) is 2.77. The SMILES string of the molecule is CCc1cc2c(C3=NN(CCCCBr)C(=O)C3(C)C)ccc(OC)n2n1. The van der Waals surface area contributed by atoms with Crippen LogP contribution in [0.25, 0.3) is 5.52 Å². The van der Waals surface area contributed by atoms with Crippen LogP contribution in [-0.2, 0) is 11.2 Å². The molecule has 6 nitrogen and oxygen atoms in total. The number of fused-ring (bicyclic) bond motifs is 1. The number of nitrogens with zero attached hydrogens (tertiary/aromatic N) is 4. The molecule has 0 aliphatic carbocycles. The third-order valence-electron chi connectivity index (χ3n) is 4.80. The van der Waals surface area contributed by atoms with Crippen molar-refractivity contribution in [2.45, 2.75) is 40.0 Å². The number of pyridine rings is 1. The van der Waals surface area contributed by atoms with Crippen LogP contribution >= 0.6 is 15.9 Å². The Morgan fingerprint density at radius 2 is 2.04 bits per heavy atom. The topological polar surface area (TPSA) is 59.2 Å². The van der Waals surface area contributed by atoms with Crippen molar-refractivity contribution in [2.24, 2.45) is 10.5 Å². The van der Waals surface area contributed by atoms with E-state index in [1.807, 2.05) is 26.0 Å². The van der Waals surface area contributed by atoms with Crippen molar-refractivity contribution in [3.63, 3.8) is 0 Å². The van der Waals surface area contributed by atoms with Gasteiger partial charge >= 0.3 is 0 Å². The number of hydrogen-bond donors (Lipinski definition) is 0. The van der Waals surface area contributed by atoms with Crippen LogP contribution in [-0.4, -0.2) is 45.2 Å². The molecular formula is C19H25BrN4O2. The number of unbranched alkanes of at least 4 members (excludes halogenated alkanes) is 1. The van der Waals surface area contributed by atoms with Gasteiger partial charge in [-0.25, -0.2) is 9.52 Å². The van der Waals surface area contributed by atoms with E-state index in [0.717, 1.165) is 47.1 Å². The third-order valence-corrected chi connectivity index (χ3v) is 5.36. The molecule has 1 aliphatic rings. The van der Waals surface area contributed by atoms with Gasteiger partial charge in [0.05, 0.1) is 29.4 Å². The first-order valence-electron chi connectivity index (χ1n) is 8.97. The molecule has 0 N–H and O–H groups in total. The van der Waals surface area contributed by atoms with Crippen molar-refractivity contribution in [1.29, 1.82) is 0 Å². The van der Waals surface area contributed by atoms with Crippen LogP contribution in [0.5, 0.6) is 5.88 Å². The van der Waals surface area contributed by atoms with E-state index in [0.29, 0.717) is 12.4 Å². The highest BCUT2D eigenvalue weighted by molar-refractivity contribution is 9.09. The first-order chi connectivity index (χ1) is 12.4. The van der Waals surface area contributed by atoms with E-state index < -0.39 is 5.41 Å². The average molecular weight is 421 g/mol. The second-order valence-electron chi connectivity index (χ2n) is 6.97. The zero-order chi connectivity index (χ0) is 18.9. The summed E-state index contributed by atoms with van der Waals surface area (Å²) in [5.74, 6) is 0.714. The van der Waals surface area contributed by atoms with Gasteiger partial charge in [-0.3, -0.25) is 4.79 Å². The molecule has 2 aromatic rings. The van der Waals surface area contributed by atoms with Crippen LogP contribution < -0.4 is 4.74 Å². The molecule has 0 spiro atoms. The highest BCUT2D eigenvalue weighted by atomic mass is 79.9. The molecular weight excluding hydrogens is 396 g/mol. The summed E-state index contributed by atoms with van der Waals surface area (Å²) >= 11 is 3.43. The van der Waals surface area contributed by atoms with Gasteiger partial charge < -0.3 is 4.74 Å². The van der Waals surface area contributed by atoms with Crippen LogP contribution in [0.3, 0.4) is 0 Å². The monoisotopic (exact) mass is 420 g/mol. The van der Waals surface area contributed by atoms with Crippen LogP contribution in [0.4, 0.5) is 0 Å². The van der Waals surface area contributed by atoms with Crippen molar-refractivity contribution in [1.82, 2.24) is 14.6 Å². The van der Waals surface area contributed by atoms with Gasteiger partial charge in [-0.1, -0.05) is 22.9 Å². The van der Waals surface area contributed by atoms with Gasteiger partial charge in [0, 0.05) is 23.5 Å². The van der Waals surface area contributed by atoms with Gasteiger partial charge in [0.25, 0.3) is 5.91 Å². The van der Waals surface area contributed by atoms with E-state index in [2.05, 4.69) is 34.0 Å². The molecule has 0 aromatic carbocycles. The lowest BCUT2D eigenvalue weighted by atomic mass is 9.83. The Morgan fingerprint density at radius 3 is 2.69 bits per heavy atom. The van der Waals surface area contributed by atoms with Crippen LogP contribution in [0.15, 0.2) is 23.3 Å². The molecule has 1 amide bonds. The lowest BCUT2D eigenvalue weighted by molar-refractivity contribution is -0.135. The maximum Gasteiger partial charge on any atom is 0.254 e. The molecule has 0 saturated carbocycles. The van der Waals surface area contributed by atoms with E-state index in [-0.39, 0.29) is 5.91 Å². The van der Waals surface area contributed by atoms with E-state index in [1.165, 1.54) is 0 Å². The summed E-state index contributed by atoms with van der Waals surface area (Å²) in [6.45, 7) is 6.59. The van der Waals surface area contributed by atoms with Gasteiger partial charge in [0.2, 0.25) is 5.88 Å². The Hall–Kier alpha value is -1.89. The summed E-state index contributed by atoms with van der Waals surface area (Å²) in [5, 5.41) is 11.9. The normalized spacial score (nSPS) is 16.4. The summed E-state index contributed by atoms with van der Waals surface area (Å²) in [5.41, 5.74) is 2.95. The Kier molecular flexibility index (Phi) is 5.37. The minimum Gasteiger partial charge on any atom is -0.481 e. The van der Waals surface area contributed by atoms with Crippen LogP contribution in [0, 0.1) is 5.41 Å². The lowest BCUT2D eigenvalue weighted by Crippen LogP contribution is -2.35. The number of carbonyl (C=O) groups is 1. The van der Waals surface area contributed by atoms with Crippen LogP contribution in [0.1, 0.15) is 44.9 Å². The van der Waals surface area contributed by atoms with Gasteiger partial charge in [-0.05, 0) is 45.2 Å². The Bertz CT molecular complexity index is 857. The molecule has 7 heteroatoms. The number of carbonyl (C=O) groups excluding carboxylic acids is 1. The zero-order valence-corrected chi connectivity index (χ0v) is 17.3. The predicted octanol–water partition coefficient (Wildman–Crippen LogP) is 3.65. The maximum absolute atomic E-state index is 12.9. The quantitative estimate of drug-likeness (QED) is 0.507. The number of hydrazone groups is 1. The molecule has 0 bridgehead atoms. The summed E-state index contributed by atoms with van der Waals surface area (Å²) in [6, 6.07) is 5.91. The van der Waals surface area contributed by atoms with Gasteiger partial charge in [0.1, 0.15) is 0 Å². The Morgan fingerprint density at radius 1 is 1.27 bits per heavy atom. The second kappa shape index (κ2) is 7.39. The van der Waals surface area contributed by atoms with Crippen molar-refractivity contribution >= 4 is 33.1 Å². The Balaban J connectivity index is 2.08. The number of aromatic nitrogens is 2. The molecule has 1 aliphatic heterocycles. The number of ether oxygens (including phenoxy) is 1. The van der Waals surface area contributed by atoms with Crippen molar-refractivity contribution < 1.29 is 9.53 Å². The zero-order valence-electron chi connectivity index (χ0n) is 15.8. The molecule has 3 heterocycles. The predicted molar refractivity (Wildman–Crippen MR) is 106 cm³/mol. The van der Waals surface area contributed by atoms with Gasteiger partial charge in [0.15, 0.2) is 0 Å². The fourth-order valence-electron chi connectivity index (χ4n) is 3.24. The number of methoxy groups -OCH3 is 1. The number of aryl methyl sites for hydroxylation is 1. The molecule has 140 valence electrons. The highest BCUT2D eigenvalue weighted by Gasteiger charge is 2.44. The van der Waals surface area contributed by atoms with E-state index in [1.54, 1.807) is 16.6 Å². The highest BCUT2D eigenvalue weighted by Crippen LogP contribution is 2.34. The minimum absolute atomic E-state index is 0.0475. The minimum atomic E-state index is -0.667. The maximum atomic E-state index is 12.9. The second-order valence-corrected chi connectivity index (χ2v) is 7.77. The van der Waals surface area contributed by atoms with Gasteiger partial charge in [-0.15, -0.1) is 0 Å².